The molecule has 0 radical (unpaired) electrons. The number of nitrogens with one attached hydrogen (secondary N) is 2. The first-order valence-corrected chi connectivity index (χ1v) is 8.54. The number of unbranched alkanes of at least 4 members (excludes halogenated alkanes) is 2. The molecule has 21 heavy (non-hydrogen) atoms. The highest BCUT2D eigenvalue weighted by Crippen LogP contribution is 2.18. The molecule has 1 aromatic rings. The Kier molecular flexibility index (Phi) is 7.61. The van der Waals surface area contributed by atoms with Gasteiger partial charge in [-0.3, -0.25) is 0 Å². The summed E-state index contributed by atoms with van der Waals surface area (Å²) in [5, 5.41) is 6.95. The summed E-state index contributed by atoms with van der Waals surface area (Å²) < 4.78 is 5.79. The SMILES string of the molecule is CCCNCc1ccc(OCCCCCNC2CC2)cc1. The minimum absolute atomic E-state index is 0.830. The number of benzene rings is 1. The molecule has 0 heterocycles. The highest BCUT2D eigenvalue weighted by atomic mass is 16.5. The number of ether oxygens (including phenoxy) is 1. The van der Waals surface area contributed by atoms with Crippen LogP contribution in [-0.2, 0) is 6.54 Å². The van der Waals surface area contributed by atoms with Crippen molar-refractivity contribution in [1.82, 2.24) is 10.6 Å². The molecule has 1 aromatic carbocycles. The lowest BCUT2D eigenvalue weighted by Crippen LogP contribution is -2.17. The summed E-state index contributed by atoms with van der Waals surface area (Å²) in [6, 6.07) is 9.30. The summed E-state index contributed by atoms with van der Waals surface area (Å²) >= 11 is 0. The highest BCUT2D eigenvalue weighted by Gasteiger charge is 2.19. The summed E-state index contributed by atoms with van der Waals surface area (Å²) in [4.78, 5) is 0. The lowest BCUT2D eigenvalue weighted by Gasteiger charge is -2.08. The number of hydrogen-bond donors (Lipinski definition) is 2. The fourth-order valence-electron chi connectivity index (χ4n) is 2.30. The van der Waals surface area contributed by atoms with Gasteiger partial charge in [0.1, 0.15) is 5.75 Å². The second-order valence-corrected chi connectivity index (χ2v) is 5.96. The van der Waals surface area contributed by atoms with Gasteiger partial charge in [-0.05, 0) is 69.3 Å². The molecule has 1 saturated carbocycles. The molecule has 1 aliphatic carbocycles. The third-order valence-electron chi connectivity index (χ3n) is 3.78. The molecule has 1 fully saturated rings. The smallest absolute Gasteiger partial charge is 0.119 e. The molecule has 118 valence electrons. The third kappa shape index (κ3) is 7.49. The van der Waals surface area contributed by atoms with Crippen molar-refractivity contribution in [3.05, 3.63) is 29.8 Å². The predicted octanol–water partition coefficient (Wildman–Crippen LogP) is 3.49. The maximum atomic E-state index is 5.79. The molecule has 0 aromatic heterocycles. The van der Waals surface area contributed by atoms with Crippen LogP contribution in [0.2, 0.25) is 0 Å². The van der Waals surface area contributed by atoms with E-state index in [1.807, 2.05) is 0 Å². The van der Waals surface area contributed by atoms with Gasteiger partial charge in [0.25, 0.3) is 0 Å². The summed E-state index contributed by atoms with van der Waals surface area (Å²) in [6.07, 6.45) is 7.60. The molecule has 0 unspecified atom stereocenters. The van der Waals surface area contributed by atoms with Crippen LogP contribution < -0.4 is 15.4 Å². The van der Waals surface area contributed by atoms with E-state index in [4.69, 9.17) is 4.74 Å². The first kappa shape index (κ1) is 16.3. The van der Waals surface area contributed by atoms with Crippen LogP contribution in [0, 0.1) is 0 Å². The van der Waals surface area contributed by atoms with E-state index in [-0.39, 0.29) is 0 Å². The lowest BCUT2D eigenvalue weighted by molar-refractivity contribution is 0.305. The highest BCUT2D eigenvalue weighted by molar-refractivity contribution is 5.27. The first-order valence-electron chi connectivity index (χ1n) is 8.54. The van der Waals surface area contributed by atoms with Crippen molar-refractivity contribution < 1.29 is 4.74 Å². The number of hydrogen-bond acceptors (Lipinski definition) is 3. The maximum Gasteiger partial charge on any atom is 0.119 e. The largest absolute Gasteiger partial charge is 0.494 e. The van der Waals surface area contributed by atoms with Gasteiger partial charge in [0.15, 0.2) is 0 Å². The monoisotopic (exact) mass is 290 g/mol. The Balaban J connectivity index is 1.49. The molecule has 3 nitrogen and oxygen atoms in total. The van der Waals surface area contributed by atoms with Crippen molar-refractivity contribution in [3.8, 4) is 5.75 Å². The van der Waals surface area contributed by atoms with Gasteiger partial charge in [0.05, 0.1) is 6.61 Å². The third-order valence-corrected chi connectivity index (χ3v) is 3.78. The Labute approximate surface area is 129 Å². The molecule has 0 atom stereocenters. The van der Waals surface area contributed by atoms with E-state index in [9.17, 15) is 0 Å². The average molecular weight is 290 g/mol. The standard InChI is InChI=1S/C18H30N2O/c1-2-12-19-15-16-6-10-18(11-7-16)21-14-5-3-4-13-20-17-8-9-17/h6-7,10-11,17,19-20H,2-5,8-9,12-15H2,1H3. The van der Waals surface area contributed by atoms with Gasteiger partial charge in [-0.15, -0.1) is 0 Å². The van der Waals surface area contributed by atoms with Crippen LogP contribution >= 0.6 is 0 Å². The Morgan fingerprint density at radius 3 is 2.57 bits per heavy atom. The van der Waals surface area contributed by atoms with Crippen LogP contribution in [0.25, 0.3) is 0 Å². The van der Waals surface area contributed by atoms with Crippen molar-refractivity contribution in [2.75, 3.05) is 19.7 Å². The molecule has 0 spiro atoms. The Hall–Kier alpha value is -1.06. The Bertz CT molecular complexity index is 373. The molecule has 3 heteroatoms. The molecule has 1 aliphatic rings. The molecular formula is C18H30N2O. The molecule has 0 amide bonds. The van der Waals surface area contributed by atoms with Crippen LogP contribution in [0.4, 0.5) is 0 Å². The molecule has 0 saturated heterocycles. The van der Waals surface area contributed by atoms with Crippen LogP contribution in [-0.4, -0.2) is 25.7 Å². The van der Waals surface area contributed by atoms with Gasteiger partial charge in [-0.25, -0.2) is 0 Å². The van der Waals surface area contributed by atoms with Gasteiger partial charge < -0.3 is 15.4 Å². The van der Waals surface area contributed by atoms with Gasteiger partial charge in [-0.1, -0.05) is 19.1 Å². The number of rotatable bonds is 12. The van der Waals surface area contributed by atoms with Crippen molar-refractivity contribution in [1.29, 1.82) is 0 Å². The van der Waals surface area contributed by atoms with E-state index in [2.05, 4.69) is 41.8 Å². The summed E-state index contributed by atoms with van der Waals surface area (Å²) in [5.74, 6) is 0.991. The van der Waals surface area contributed by atoms with Crippen molar-refractivity contribution in [2.24, 2.45) is 0 Å². The van der Waals surface area contributed by atoms with Crippen molar-refractivity contribution in [3.63, 3.8) is 0 Å². The van der Waals surface area contributed by atoms with Crippen molar-refractivity contribution >= 4 is 0 Å². The molecule has 2 N–H and O–H groups in total. The van der Waals surface area contributed by atoms with E-state index in [0.29, 0.717) is 0 Å². The van der Waals surface area contributed by atoms with Crippen LogP contribution in [0.15, 0.2) is 24.3 Å². The molecular weight excluding hydrogens is 260 g/mol. The summed E-state index contributed by atoms with van der Waals surface area (Å²) in [6.45, 7) is 6.21. The fourth-order valence-corrected chi connectivity index (χ4v) is 2.30. The Morgan fingerprint density at radius 1 is 1.05 bits per heavy atom. The lowest BCUT2D eigenvalue weighted by atomic mass is 10.2. The van der Waals surface area contributed by atoms with Crippen LogP contribution in [0.3, 0.4) is 0 Å². The zero-order valence-corrected chi connectivity index (χ0v) is 13.4. The van der Waals surface area contributed by atoms with E-state index < -0.39 is 0 Å². The molecule has 0 aliphatic heterocycles. The van der Waals surface area contributed by atoms with E-state index >= 15 is 0 Å². The fraction of sp³-hybridized carbons (Fsp3) is 0.667. The van der Waals surface area contributed by atoms with Crippen LogP contribution in [0.1, 0.15) is 51.0 Å². The van der Waals surface area contributed by atoms with Gasteiger partial charge in [-0.2, -0.15) is 0 Å². The minimum atomic E-state index is 0.830. The molecule has 0 bridgehead atoms. The Morgan fingerprint density at radius 2 is 1.86 bits per heavy atom. The average Bonchev–Trinajstić information content (AvgIpc) is 3.32. The van der Waals surface area contributed by atoms with Gasteiger partial charge in [0.2, 0.25) is 0 Å². The second-order valence-electron chi connectivity index (χ2n) is 5.96. The van der Waals surface area contributed by atoms with Crippen LogP contribution in [0.5, 0.6) is 5.75 Å². The zero-order chi connectivity index (χ0) is 14.8. The first-order chi connectivity index (χ1) is 10.4. The summed E-state index contributed by atoms with van der Waals surface area (Å²) in [7, 11) is 0. The van der Waals surface area contributed by atoms with E-state index in [1.165, 1.54) is 44.2 Å². The minimum Gasteiger partial charge on any atom is -0.494 e. The predicted molar refractivity (Wildman–Crippen MR) is 88.8 cm³/mol. The van der Waals surface area contributed by atoms with E-state index in [1.54, 1.807) is 0 Å². The topological polar surface area (TPSA) is 33.3 Å². The normalized spacial score (nSPS) is 14.3. The van der Waals surface area contributed by atoms with Crippen molar-refractivity contribution in [2.45, 2.75) is 58.0 Å². The quantitative estimate of drug-likeness (QED) is 0.578. The second kappa shape index (κ2) is 9.80. The van der Waals surface area contributed by atoms with E-state index in [0.717, 1.165) is 37.9 Å². The van der Waals surface area contributed by atoms with Gasteiger partial charge in [0, 0.05) is 12.6 Å². The summed E-state index contributed by atoms with van der Waals surface area (Å²) in [5.41, 5.74) is 1.32. The zero-order valence-electron chi connectivity index (χ0n) is 13.4. The van der Waals surface area contributed by atoms with Gasteiger partial charge >= 0.3 is 0 Å². The molecule has 2 rings (SSSR count). The maximum absolute atomic E-state index is 5.79.